The van der Waals surface area contributed by atoms with Crippen molar-refractivity contribution in [3.8, 4) is 0 Å². The van der Waals surface area contributed by atoms with Crippen molar-refractivity contribution in [3.05, 3.63) is 15.9 Å². The normalized spacial score (nSPS) is 21.0. The number of nitrogens with two attached hydrogens (primary N) is 1. The molecular weight excluding hydrogens is 366 g/mol. The highest BCUT2D eigenvalue weighted by Gasteiger charge is 2.38. The van der Waals surface area contributed by atoms with Crippen LogP contribution in [0.4, 0.5) is 0 Å². The average Bonchev–Trinajstić information content (AvgIpc) is 2.85. The summed E-state index contributed by atoms with van der Waals surface area (Å²) in [6.45, 7) is 2.61. The van der Waals surface area contributed by atoms with Crippen molar-refractivity contribution in [2.75, 3.05) is 13.1 Å². The Hall–Kier alpha value is -0.640. The summed E-state index contributed by atoms with van der Waals surface area (Å²) < 4.78 is 27.5. The summed E-state index contributed by atoms with van der Waals surface area (Å²) >= 11 is 4.47. The van der Waals surface area contributed by atoms with Gasteiger partial charge in [-0.05, 0) is 40.9 Å². The van der Waals surface area contributed by atoms with Gasteiger partial charge in [-0.2, -0.15) is 4.31 Å². The Morgan fingerprint density at radius 1 is 1.50 bits per heavy atom. The molecule has 2 rings (SSSR count). The Labute approximate surface area is 130 Å². The first-order valence-corrected chi connectivity index (χ1v) is 9.08. The van der Waals surface area contributed by atoms with E-state index in [0.29, 0.717) is 30.1 Å². The molecule has 0 aliphatic carbocycles. The molecule has 1 saturated heterocycles. The second-order valence-corrected chi connectivity index (χ2v) is 9.64. The minimum atomic E-state index is -3.45. The van der Waals surface area contributed by atoms with Crippen LogP contribution in [0.3, 0.4) is 0 Å². The first kappa shape index (κ1) is 15.7. The largest absolute Gasteiger partial charge is 0.409 e. The van der Waals surface area contributed by atoms with Gasteiger partial charge >= 0.3 is 0 Å². The second kappa shape index (κ2) is 5.63. The van der Waals surface area contributed by atoms with Gasteiger partial charge in [0.2, 0.25) is 0 Å². The molecule has 0 amide bonds. The van der Waals surface area contributed by atoms with E-state index in [9.17, 15) is 8.42 Å². The molecule has 3 N–H and O–H groups in total. The molecule has 0 saturated carbocycles. The summed E-state index contributed by atoms with van der Waals surface area (Å²) in [5, 5.41) is 11.8. The number of nitrogens with zero attached hydrogens (tertiary/aromatic N) is 2. The average molecular weight is 382 g/mol. The quantitative estimate of drug-likeness (QED) is 0.362. The fourth-order valence-electron chi connectivity index (χ4n) is 2.16. The third kappa shape index (κ3) is 2.85. The molecule has 0 spiro atoms. The van der Waals surface area contributed by atoms with Crippen LogP contribution in [0.2, 0.25) is 0 Å². The molecular formula is C11H16BrN3O3S2. The number of amidine groups is 1. The maximum Gasteiger partial charge on any atom is 0.252 e. The summed E-state index contributed by atoms with van der Waals surface area (Å²) in [6.07, 6.45) is 1.07. The zero-order valence-electron chi connectivity index (χ0n) is 10.9. The summed E-state index contributed by atoms with van der Waals surface area (Å²) in [5.41, 5.74) is 5.23. The molecule has 1 aliphatic rings. The lowest BCUT2D eigenvalue weighted by Crippen LogP contribution is -2.47. The lowest BCUT2D eigenvalue weighted by molar-refractivity contribution is 0.230. The molecule has 1 aromatic rings. The maximum absolute atomic E-state index is 12.5. The Kier molecular flexibility index (Phi) is 4.43. The van der Waals surface area contributed by atoms with Crippen molar-refractivity contribution in [1.29, 1.82) is 0 Å². The molecule has 0 unspecified atom stereocenters. The fraction of sp³-hybridized carbons (Fsp3) is 0.545. The third-order valence-corrected chi connectivity index (χ3v) is 7.68. The van der Waals surface area contributed by atoms with Crippen LogP contribution in [0.5, 0.6) is 0 Å². The van der Waals surface area contributed by atoms with Gasteiger partial charge in [-0.3, -0.25) is 0 Å². The van der Waals surface area contributed by atoms with Gasteiger partial charge in [0, 0.05) is 18.5 Å². The molecule has 112 valence electrons. The Morgan fingerprint density at radius 3 is 2.55 bits per heavy atom. The highest BCUT2D eigenvalue weighted by Crippen LogP contribution is 2.35. The molecule has 1 fully saturated rings. The van der Waals surface area contributed by atoms with Gasteiger partial charge in [0.25, 0.3) is 10.0 Å². The zero-order chi connectivity index (χ0) is 15.0. The molecule has 9 heteroatoms. The number of hydrogen-bond acceptors (Lipinski definition) is 5. The molecule has 20 heavy (non-hydrogen) atoms. The molecule has 1 aliphatic heterocycles. The molecule has 6 nitrogen and oxygen atoms in total. The van der Waals surface area contributed by atoms with Crippen molar-refractivity contribution < 1.29 is 13.6 Å². The lowest BCUT2D eigenvalue weighted by Gasteiger charge is -2.37. The highest BCUT2D eigenvalue weighted by molar-refractivity contribution is 9.11. The molecule has 0 radical (unpaired) electrons. The van der Waals surface area contributed by atoms with Crippen LogP contribution >= 0.6 is 27.3 Å². The lowest BCUT2D eigenvalue weighted by atomic mass is 9.80. The standard InChI is InChI=1S/C11H16BrN3O3S2/c1-11(10(13)14-16)4-6-15(7-5-11)20(17,18)9-3-2-8(12)19-9/h2-3,16H,4-7H2,1H3,(H2,13,14). The summed E-state index contributed by atoms with van der Waals surface area (Å²) in [7, 11) is -3.45. The second-order valence-electron chi connectivity index (χ2n) is 5.01. The van der Waals surface area contributed by atoms with Crippen LogP contribution in [0.1, 0.15) is 19.8 Å². The van der Waals surface area contributed by atoms with E-state index in [-0.39, 0.29) is 5.84 Å². The maximum atomic E-state index is 12.5. The van der Waals surface area contributed by atoms with E-state index < -0.39 is 15.4 Å². The van der Waals surface area contributed by atoms with E-state index in [1.165, 1.54) is 15.6 Å². The van der Waals surface area contributed by atoms with Gasteiger partial charge in [-0.25, -0.2) is 8.42 Å². The van der Waals surface area contributed by atoms with Crippen LogP contribution in [0.15, 0.2) is 25.3 Å². The number of piperidine rings is 1. The number of oxime groups is 1. The van der Waals surface area contributed by atoms with Gasteiger partial charge in [-0.1, -0.05) is 12.1 Å². The van der Waals surface area contributed by atoms with Crippen molar-refractivity contribution in [1.82, 2.24) is 4.31 Å². The van der Waals surface area contributed by atoms with E-state index in [4.69, 9.17) is 10.9 Å². The van der Waals surface area contributed by atoms with Crippen molar-refractivity contribution in [2.45, 2.75) is 24.0 Å². The summed E-state index contributed by atoms with van der Waals surface area (Å²) in [5.74, 6) is 0.161. The van der Waals surface area contributed by atoms with Crippen LogP contribution in [0.25, 0.3) is 0 Å². The minimum Gasteiger partial charge on any atom is -0.409 e. The monoisotopic (exact) mass is 381 g/mol. The van der Waals surface area contributed by atoms with Gasteiger partial charge < -0.3 is 10.9 Å². The molecule has 0 atom stereocenters. The van der Waals surface area contributed by atoms with Crippen LogP contribution in [-0.2, 0) is 10.0 Å². The van der Waals surface area contributed by atoms with Crippen LogP contribution < -0.4 is 5.73 Å². The Bertz CT molecular complexity index is 619. The van der Waals surface area contributed by atoms with E-state index in [0.717, 1.165) is 3.79 Å². The molecule has 0 bridgehead atoms. The predicted molar refractivity (Wildman–Crippen MR) is 81.5 cm³/mol. The fourth-order valence-corrected chi connectivity index (χ4v) is 5.77. The number of halogens is 1. The number of hydrogen-bond donors (Lipinski definition) is 2. The first-order valence-electron chi connectivity index (χ1n) is 6.03. The number of sulfonamides is 1. The Balaban J connectivity index is 2.15. The zero-order valence-corrected chi connectivity index (χ0v) is 14.1. The topological polar surface area (TPSA) is 96.0 Å². The number of rotatable bonds is 3. The predicted octanol–water partition coefficient (Wildman–Crippen LogP) is 2.05. The Morgan fingerprint density at radius 2 is 2.10 bits per heavy atom. The van der Waals surface area contributed by atoms with Crippen molar-refractivity contribution >= 4 is 43.1 Å². The SMILES string of the molecule is CC1(/C(N)=N/O)CCN(S(=O)(=O)c2ccc(Br)s2)CC1. The van der Waals surface area contributed by atoms with Crippen LogP contribution in [0, 0.1) is 5.41 Å². The van der Waals surface area contributed by atoms with Gasteiger partial charge in [0.05, 0.1) is 3.79 Å². The van der Waals surface area contributed by atoms with E-state index in [1.54, 1.807) is 12.1 Å². The van der Waals surface area contributed by atoms with Gasteiger partial charge in [0.15, 0.2) is 0 Å². The van der Waals surface area contributed by atoms with Gasteiger partial charge in [0.1, 0.15) is 10.0 Å². The van der Waals surface area contributed by atoms with E-state index in [1.807, 2.05) is 6.92 Å². The third-order valence-electron chi connectivity index (χ3n) is 3.69. The summed E-state index contributed by atoms with van der Waals surface area (Å²) in [6, 6.07) is 3.32. The summed E-state index contributed by atoms with van der Waals surface area (Å²) in [4.78, 5) is 0. The molecule has 1 aromatic heterocycles. The van der Waals surface area contributed by atoms with E-state index in [2.05, 4.69) is 21.1 Å². The molecule has 0 aromatic carbocycles. The number of thiophene rings is 1. The molecule has 2 heterocycles. The smallest absolute Gasteiger partial charge is 0.252 e. The van der Waals surface area contributed by atoms with E-state index >= 15 is 0 Å². The van der Waals surface area contributed by atoms with Crippen molar-refractivity contribution in [3.63, 3.8) is 0 Å². The first-order chi connectivity index (χ1) is 9.29. The highest BCUT2D eigenvalue weighted by atomic mass is 79.9. The minimum absolute atomic E-state index is 0.161. The van der Waals surface area contributed by atoms with Crippen LogP contribution in [-0.4, -0.2) is 36.9 Å². The van der Waals surface area contributed by atoms with Gasteiger partial charge in [-0.15, -0.1) is 11.3 Å². The van der Waals surface area contributed by atoms with Crippen molar-refractivity contribution in [2.24, 2.45) is 16.3 Å².